The van der Waals surface area contributed by atoms with Gasteiger partial charge in [0.1, 0.15) is 6.10 Å². The zero-order chi connectivity index (χ0) is 7.28. The normalized spacial score (nSPS) is 14.3. The van der Waals surface area contributed by atoms with E-state index >= 15 is 0 Å². The third-order valence-corrected chi connectivity index (χ3v) is 0.648. The molecule has 0 aliphatic heterocycles. The Kier molecular flexibility index (Phi) is 4.55. The van der Waals surface area contributed by atoms with Crippen LogP contribution in [0.4, 0.5) is 0 Å². The van der Waals surface area contributed by atoms with Crippen molar-refractivity contribution in [2.45, 2.75) is 12.6 Å². The third kappa shape index (κ3) is 5.67. The van der Waals surface area contributed by atoms with E-state index in [1.165, 1.54) is 0 Å². The van der Waals surface area contributed by atoms with Gasteiger partial charge in [-0.05, 0) is 0 Å². The summed E-state index contributed by atoms with van der Waals surface area (Å²) in [6.07, 6.45) is -1.05. The Morgan fingerprint density at radius 1 is 1.22 bits per heavy atom. The lowest BCUT2D eigenvalue weighted by Crippen LogP contribution is -2.23. The van der Waals surface area contributed by atoms with Gasteiger partial charge in [0.15, 0.2) is 0 Å². The summed E-state index contributed by atoms with van der Waals surface area (Å²) in [6.45, 7) is -2.62. The summed E-state index contributed by atoms with van der Waals surface area (Å²) in [5.41, 5.74) is 0. The number of rotatable bonds is 4. The van der Waals surface area contributed by atoms with Crippen molar-refractivity contribution in [3.05, 3.63) is 0 Å². The summed E-state index contributed by atoms with van der Waals surface area (Å²) in [7, 11) is 0. The Labute approximate surface area is 52.1 Å². The second kappa shape index (κ2) is 4.66. The summed E-state index contributed by atoms with van der Waals surface area (Å²) in [4.78, 5) is 0. The SMILES string of the molecule is OCC(O)COC(O)O. The van der Waals surface area contributed by atoms with Gasteiger partial charge in [-0.25, -0.2) is 0 Å². The first-order valence-electron chi connectivity index (χ1n) is 2.43. The minimum atomic E-state index is -1.88. The smallest absolute Gasteiger partial charge is 0.266 e. The highest BCUT2D eigenvalue weighted by molar-refractivity contribution is 4.47. The zero-order valence-electron chi connectivity index (χ0n) is 4.77. The number of aliphatic hydroxyl groups is 4. The summed E-state index contributed by atoms with van der Waals surface area (Å²) in [6, 6.07) is 0. The Bertz CT molecular complexity index is 64.0. The molecule has 0 aromatic heterocycles. The van der Waals surface area contributed by atoms with Gasteiger partial charge in [-0.1, -0.05) is 0 Å². The van der Waals surface area contributed by atoms with Crippen molar-refractivity contribution in [1.82, 2.24) is 0 Å². The first kappa shape index (κ1) is 8.80. The first-order valence-corrected chi connectivity index (χ1v) is 2.43. The zero-order valence-corrected chi connectivity index (χ0v) is 4.77. The third-order valence-electron chi connectivity index (χ3n) is 0.648. The second-order valence-electron chi connectivity index (χ2n) is 1.50. The molecule has 0 saturated heterocycles. The molecule has 5 heteroatoms. The molecular formula is C4H10O5. The molecule has 9 heavy (non-hydrogen) atoms. The molecule has 0 bridgehead atoms. The molecule has 56 valence electrons. The maximum Gasteiger partial charge on any atom is 0.266 e. The van der Waals surface area contributed by atoms with Gasteiger partial charge >= 0.3 is 0 Å². The van der Waals surface area contributed by atoms with Gasteiger partial charge < -0.3 is 25.2 Å². The number of ether oxygens (including phenoxy) is 1. The van der Waals surface area contributed by atoms with Crippen molar-refractivity contribution in [3.8, 4) is 0 Å². The monoisotopic (exact) mass is 138 g/mol. The van der Waals surface area contributed by atoms with Crippen molar-refractivity contribution in [3.63, 3.8) is 0 Å². The number of hydrogen-bond donors (Lipinski definition) is 4. The molecule has 5 nitrogen and oxygen atoms in total. The number of hydrogen-bond acceptors (Lipinski definition) is 5. The maximum absolute atomic E-state index is 8.51. The fourth-order valence-electron chi connectivity index (χ4n) is 0.250. The van der Waals surface area contributed by atoms with E-state index < -0.39 is 19.2 Å². The van der Waals surface area contributed by atoms with E-state index in [-0.39, 0.29) is 6.61 Å². The summed E-state index contributed by atoms with van der Waals surface area (Å²) in [5, 5.41) is 32.7. The van der Waals surface area contributed by atoms with E-state index in [4.69, 9.17) is 20.4 Å². The van der Waals surface area contributed by atoms with Gasteiger partial charge in [0.2, 0.25) is 0 Å². The van der Waals surface area contributed by atoms with Crippen LogP contribution in [0.15, 0.2) is 0 Å². The van der Waals surface area contributed by atoms with Crippen molar-refractivity contribution >= 4 is 0 Å². The van der Waals surface area contributed by atoms with Crippen LogP contribution in [0.2, 0.25) is 0 Å². The van der Waals surface area contributed by atoms with Gasteiger partial charge in [-0.15, -0.1) is 0 Å². The highest BCUT2D eigenvalue weighted by Crippen LogP contribution is 1.85. The fourth-order valence-corrected chi connectivity index (χ4v) is 0.250. The minimum absolute atomic E-state index is 0.284. The van der Waals surface area contributed by atoms with Crippen molar-refractivity contribution in [2.75, 3.05) is 13.2 Å². The van der Waals surface area contributed by atoms with Crippen LogP contribution in [0.1, 0.15) is 0 Å². The van der Waals surface area contributed by atoms with E-state index in [0.717, 1.165) is 0 Å². The van der Waals surface area contributed by atoms with Crippen molar-refractivity contribution in [2.24, 2.45) is 0 Å². The molecule has 0 aromatic carbocycles. The Hall–Kier alpha value is -0.200. The summed E-state index contributed by atoms with van der Waals surface area (Å²) < 4.78 is 4.10. The topological polar surface area (TPSA) is 90.2 Å². The predicted octanol–water partition coefficient (Wildman–Crippen LogP) is -2.38. The fraction of sp³-hybridized carbons (Fsp3) is 1.00. The highest BCUT2D eigenvalue weighted by atomic mass is 16.7. The van der Waals surface area contributed by atoms with Gasteiger partial charge in [0, 0.05) is 0 Å². The van der Waals surface area contributed by atoms with Crippen molar-refractivity contribution in [1.29, 1.82) is 0 Å². The molecule has 0 aliphatic carbocycles. The molecule has 0 spiro atoms. The molecule has 0 aliphatic rings. The molecule has 0 radical (unpaired) electrons. The van der Waals surface area contributed by atoms with Crippen LogP contribution in [-0.4, -0.2) is 46.2 Å². The quantitative estimate of drug-likeness (QED) is 0.326. The van der Waals surface area contributed by atoms with Gasteiger partial charge in [-0.2, -0.15) is 0 Å². The summed E-state index contributed by atoms with van der Waals surface area (Å²) in [5.74, 6) is 0. The lowest BCUT2D eigenvalue weighted by Gasteiger charge is -2.08. The lowest BCUT2D eigenvalue weighted by molar-refractivity contribution is -0.244. The molecule has 0 rings (SSSR count). The molecule has 0 heterocycles. The van der Waals surface area contributed by atoms with E-state index in [2.05, 4.69) is 4.74 Å². The molecule has 4 N–H and O–H groups in total. The standard InChI is InChI=1S/C4H10O5/c5-1-3(6)2-9-4(7)8/h3-8H,1-2H2. The van der Waals surface area contributed by atoms with E-state index in [1.54, 1.807) is 0 Å². The van der Waals surface area contributed by atoms with Gasteiger partial charge in [-0.3, -0.25) is 0 Å². The largest absolute Gasteiger partial charge is 0.394 e. The average Bonchev–Trinajstić information content (AvgIpc) is 1.83. The highest BCUT2D eigenvalue weighted by Gasteiger charge is 2.03. The van der Waals surface area contributed by atoms with Crippen LogP contribution in [0, 0.1) is 0 Å². The van der Waals surface area contributed by atoms with Crippen LogP contribution in [0.5, 0.6) is 0 Å². The molecular weight excluding hydrogens is 128 g/mol. The van der Waals surface area contributed by atoms with Gasteiger partial charge in [0.05, 0.1) is 13.2 Å². The van der Waals surface area contributed by atoms with Gasteiger partial charge in [0.25, 0.3) is 6.48 Å². The van der Waals surface area contributed by atoms with Crippen molar-refractivity contribution < 1.29 is 25.2 Å². The van der Waals surface area contributed by atoms with Crippen LogP contribution < -0.4 is 0 Å². The maximum atomic E-state index is 8.51. The molecule has 0 amide bonds. The Morgan fingerprint density at radius 3 is 2.11 bits per heavy atom. The van der Waals surface area contributed by atoms with E-state index in [1.807, 2.05) is 0 Å². The molecule has 0 saturated carbocycles. The Morgan fingerprint density at radius 2 is 1.78 bits per heavy atom. The van der Waals surface area contributed by atoms with E-state index in [0.29, 0.717) is 0 Å². The van der Waals surface area contributed by atoms with Crippen LogP contribution >= 0.6 is 0 Å². The van der Waals surface area contributed by atoms with Crippen LogP contribution in [0.3, 0.4) is 0 Å². The average molecular weight is 138 g/mol. The molecule has 0 fully saturated rings. The minimum Gasteiger partial charge on any atom is -0.394 e. The molecule has 0 aromatic rings. The lowest BCUT2D eigenvalue weighted by atomic mass is 10.4. The van der Waals surface area contributed by atoms with Crippen LogP contribution in [0.25, 0.3) is 0 Å². The number of aliphatic hydroxyl groups excluding tert-OH is 3. The van der Waals surface area contributed by atoms with E-state index in [9.17, 15) is 0 Å². The van der Waals surface area contributed by atoms with Crippen LogP contribution in [-0.2, 0) is 4.74 Å². The Balaban J connectivity index is 3.06. The predicted molar refractivity (Wildman–Crippen MR) is 27.3 cm³/mol. The molecule has 1 unspecified atom stereocenters. The molecule has 1 atom stereocenters. The second-order valence-corrected chi connectivity index (χ2v) is 1.50. The summed E-state index contributed by atoms with van der Waals surface area (Å²) >= 11 is 0. The first-order chi connectivity index (χ1) is 4.16.